The Morgan fingerprint density at radius 3 is 2.39 bits per heavy atom. The van der Waals surface area contributed by atoms with Crippen molar-refractivity contribution >= 4 is 38.9 Å². The highest BCUT2D eigenvalue weighted by molar-refractivity contribution is 7.93. The first-order valence-electron chi connectivity index (χ1n) is 9.26. The topological polar surface area (TPSA) is 86.8 Å². The van der Waals surface area contributed by atoms with Crippen LogP contribution >= 0.6 is 0 Å². The molecule has 0 aromatic heterocycles. The van der Waals surface area contributed by atoms with Crippen LogP contribution in [0.15, 0.2) is 48.5 Å². The van der Waals surface area contributed by atoms with Crippen LogP contribution in [-0.4, -0.2) is 39.1 Å². The molecule has 2 saturated heterocycles. The number of nitrogens with one attached hydrogen (secondary N) is 1. The molecule has 0 spiro atoms. The van der Waals surface area contributed by atoms with Crippen LogP contribution in [0.2, 0.25) is 0 Å². The van der Waals surface area contributed by atoms with Gasteiger partial charge in [0.05, 0.1) is 11.4 Å². The monoisotopic (exact) mass is 399 g/mol. The molecule has 0 unspecified atom stereocenters. The average molecular weight is 399 g/mol. The summed E-state index contributed by atoms with van der Waals surface area (Å²) in [4.78, 5) is 26.2. The van der Waals surface area contributed by atoms with E-state index in [2.05, 4.69) is 5.32 Å². The molecule has 4 rings (SSSR count). The summed E-state index contributed by atoms with van der Waals surface area (Å²) in [6.45, 7) is 1.15. The maximum atomic E-state index is 12.6. The van der Waals surface area contributed by atoms with Gasteiger partial charge in [-0.1, -0.05) is 6.07 Å². The van der Waals surface area contributed by atoms with Gasteiger partial charge >= 0.3 is 0 Å². The molecule has 0 saturated carbocycles. The Kier molecular flexibility index (Phi) is 4.80. The van der Waals surface area contributed by atoms with Gasteiger partial charge in [0.15, 0.2) is 0 Å². The molecule has 2 aromatic carbocycles. The molecule has 146 valence electrons. The molecule has 0 aliphatic carbocycles. The molecule has 2 aliphatic heterocycles. The molecule has 2 heterocycles. The van der Waals surface area contributed by atoms with E-state index in [1.54, 1.807) is 47.4 Å². The number of hydrogen-bond acceptors (Lipinski definition) is 4. The number of nitrogens with zero attached hydrogens (tertiary/aromatic N) is 2. The normalized spacial score (nSPS) is 18.5. The zero-order valence-electron chi connectivity index (χ0n) is 15.3. The SMILES string of the molecule is O=C(Nc1ccc(N2CCCS2(=O)=O)cc1)c1cccc(N2CCCC2=O)c1. The highest BCUT2D eigenvalue weighted by Gasteiger charge is 2.28. The molecule has 1 N–H and O–H groups in total. The van der Waals surface area contributed by atoms with Gasteiger partial charge in [0, 0.05) is 36.4 Å². The fraction of sp³-hybridized carbons (Fsp3) is 0.300. The third kappa shape index (κ3) is 3.60. The van der Waals surface area contributed by atoms with E-state index in [9.17, 15) is 18.0 Å². The third-order valence-corrected chi connectivity index (χ3v) is 6.88. The van der Waals surface area contributed by atoms with Crippen molar-refractivity contribution < 1.29 is 18.0 Å². The fourth-order valence-electron chi connectivity index (χ4n) is 3.58. The van der Waals surface area contributed by atoms with Gasteiger partial charge in [-0.3, -0.25) is 13.9 Å². The number of carbonyl (C=O) groups excluding carboxylic acids is 2. The Labute approximate surface area is 164 Å². The molecule has 2 amide bonds. The van der Waals surface area contributed by atoms with E-state index in [1.165, 1.54) is 4.31 Å². The Bertz CT molecular complexity index is 1020. The van der Waals surface area contributed by atoms with Gasteiger partial charge in [-0.25, -0.2) is 8.42 Å². The van der Waals surface area contributed by atoms with Gasteiger partial charge in [0.1, 0.15) is 0 Å². The minimum absolute atomic E-state index is 0.0741. The summed E-state index contributed by atoms with van der Waals surface area (Å²) in [5.41, 5.74) is 2.37. The molecule has 0 radical (unpaired) electrons. The molecule has 2 aliphatic rings. The molecular formula is C20H21N3O4S. The highest BCUT2D eigenvalue weighted by Crippen LogP contribution is 2.26. The first-order chi connectivity index (χ1) is 13.4. The lowest BCUT2D eigenvalue weighted by Crippen LogP contribution is -2.25. The van der Waals surface area contributed by atoms with Crippen LogP contribution in [-0.2, 0) is 14.8 Å². The highest BCUT2D eigenvalue weighted by atomic mass is 32.2. The third-order valence-electron chi connectivity index (χ3n) is 5.01. The van der Waals surface area contributed by atoms with E-state index in [-0.39, 0.29) is 17.6 Å². The lowest BCUT2D eigenvalue weighted by atomic mass is 10.1. The van der Waals surface area contributed by atoms with E-state index in [0.29, 0.717) is 42.9 Å². The van der Waals surface area contributed by atoms with Crippen molar-refractivity contribution in [2.45, 2.75) is 19.3 Å². The summed E-state index contributed by atoms with van der Waals surface area (Å²) in [5, 5.41) is 2.82. The predicted molar refractivity (Wildman–Crippen MR) is 108 cm³/mol. The average Bonchev–Trinajstić information content (AvgIpc) is 3.27. The largest absolute Gasteiger partial charge is 0.322 e. The van der Waals surface area contributed by atoms with Crippen molar-refractivity contribution in [3.8, 4) is 0 Å². The summed E-state index contributed by atoms with van der Waals surface area (Å²) in [7, 11) is -3.22. The summed E-state index contributed by atoms with van der Waals surface area (Å²) in [5.74, 6) is -0.0403. The zero-order chi connectivity index (χ0) is 19.7. The van der Waals surface area contributed by atoms with Crippen LogP contribution in [0.1, 0.15) is 29.6 Å². The number of hydrogen-bond donors (Lipinski definition) is 1. The number of benzene rings is 2. The second-order valence-electron chi connectivity index (χ2n) is 6.94. The Morgan fingerprint density at radius 1 is 0.964 bits per heavy atom. The van der Waals surface area contributed by atoms with E-state index < -0.39 is 10.0 Å². The number of carbonyl (C=O) groups is 2. The van der Waals surface area contributed by atoms with Crippen molar-refractivity contribution in [1.29, 1.82) is 0 Å². The number of anilines is 3. The van der Waals surface area contributed by atoms with Crippen molar-refractivity contribution in [2.75, 3.05) is 33.4 Å². The van der Waals surface area contributed by atoms with Gasteiger partial charge in [0.25, 0.3) is 5.91 Å². The van der Waals surface area contributed by atoms with Crippen molar-refractivity contribution in [3.63, 3.8) is 0 Å². The van der Waals surface area contributed by atoms with E-state index >= 15 is 0 Å². The summed E-state index contributed by atoms with van der Waals surface area (Å²) in [6, 6.07) is 13.8. The molecule has 8 heteroatoms. The smallest absolute Gasteiger partial charge is 0.255 e. The lowest BCUT2D eigenvalue weighted by Gasteiger charge is -2.17. The molecule has 2 fully saturated rings. The summed E-state index contributed by atoms with van der Waals surface area (Å²) >= 11 is 0. The maximum Gasteiger partial charge on any atom is 0.255 e. The maximum absolute atomic E-state index is 12.6. The summed E-state index contributed by atoms with van der Waals surface area (Å²) < 4.78 is 25.4. The first-order valence-corrected chi connectivity index (χ1v) is 10.9. The van der Waals surface area contributed by atoms with Gasteiger partial charge in [-0.05, 0) is 55.3 Å². The van der Waals surface area contributed by atoms with Gasteiger partial charge in [-0.15, -0.1) is 0 Å². The van der Waals surface area contributed by atoms with E-state index in [0.717, 1.165) is 12.1 Å². The van der Waals surface area contributed by atoms with Crippen LogP contribution in [0.3, 0.4) is 0 Å². The van der Waals surface area contributed by atoms with Crippen LogP contribution in [0.4, 0.5) is 17.1 Å². The van der Waals surface area contributed by atoms with Gasteiger partial charge < -0.3 is 10.2 Å². The van der Waals surface area contributed by atoms with Crippen LogP contribution in [0, 0.1) is 0 Å². The molecule has 0 atom stereocenters. The minimum atomic E-state index is -3.22. The summed E-state index contributed by atoms with van der Waals surface area (Å²) in [6.07, 6.45) is 1.99. The lowest BCUT2D eigenvalue weighted by molar-refractivity contribution is -0.117. The first kappa shape index (κ1) is 18.5. The van der Waals surface area contributed by atoms with Crippen molar-refractivity contribution in [1.82, 2.24) is 0 Å². The van der Waals surface area contributed by atoms with Crippen LogP contribution < -0.4 is 14.5 Å². The number of sulfonamides is 1. The Balaban J connectivity index is 1.47. The number of amides is 2. The Hall–Kier alpha value is -2.87. The van der Waals surface area contributed by atoms with Crippen molar-refractivity contribution in [3.05, 3.63) is 54.1 Å². The second kappa shape index (κ2) is 7.27. The van der Waals surface area contributed by atoms with Gasteiger partial charge in [-0.2, -0.15) is 0 Å². The minimum Gasteiger partial charge on any atom is -0.322 e. The molecule has 0 bridgehead atoms. The number of rotatable bonds is 4. The quantitative estimate of drug-likeness (QED) is 0.856. The van der Waals surface area contributed by atoms with Gasteiger partial charge in [0.2, 0.25) is 15.9 Å². The second-order valence-corrected chi connectivity index (χ2v) is 8.95. The molecule has 2 aromatic rings. The van der Waals surface area contributed by atoms with Crippen LogP contribution in [0.5, 0.6) is 0 Å². The predicted octanol–water partition coefficient (Wildman–Crippen LogP) is 2.61. The van der Waals surface area contributed by atoms with E-state index in [4.69, 9.17) is 0 Å². The molecular weight excluding hydrogens is 378 g/mol. The van der Waals surface area contributed by atoms with Crippen LogP contribution in [0.25, 0.3) is 0 Å². The standard InChI is InChI=1S/C20H21N3O4S/c24-19-6-2-11-22(19)18-5-1-4-15(14-18)20(25)21-16-7-9-17(10-8-16)23-12-3-13-28(23,26)27/h1,4-5,7-10,14H,2-3,6,11-13H2,(H,21,25). The molecule has 7 nitrogen and oxygen atoms in total. The molecule has 28 heavy (non-hydrogen) atoms. The Morgan fingerprint density at radius 2 is 1.75 bits per heavy atom. The van der Waals surface area contributed by atoms with E-state index in [1.807, 2.05) is 6.07 Å². The zero-order valence-corrected chi connectivity index (χ0v) is 16.1. The fourth-order valence-corrected chi connectivity index (χ4v) is 5.14. The van der Waals surface area contributed by atoms with Crippen molar-refractivity contribution in [2.24, 2.45) is 0 Å².